The van der Waals surface area contributed by atoms with Crippen LogP contribution in [-0.4, -0.2) is 29.5 Å². The van der Waals surface area contributed by atoms with E-state index < -0.39 is 5.91 Å². The van der Waals surface area contributed by atoms with Crippen molar-refractivity contribution in [2.24, 2.45) is 5.73 Å². The maximum absolute atomic E-state index is 12.8. The largest absolute Gasteiger partial charge is 0.369 e. The van der Waals surface area contributed by atoms with Gasteiger partial charge in [0.1, 0.15) is 0 Å². The van der Waals surface area contributed by atoms with Gasteiger partial charge in [0.15, 0.2) is 0 Å². The fourth-order valence-corrected chi connectivity index (χ4v) is 4.41. The molecule has 2 aromatic rings. The van der Waals surface area contributed by atoms with Crippen LogP contribution in [-0.2, 0) is 4.79 Å². The molecule has 3 amide bonds. The molecule has 0 aromatic heterocycles. The van der Waals surface area contributed by atoms with Gasteiger partial charge in [-0.25, -0.2) is 0 Å². The van der Waals surface area contributed by atoms with Gasteiger partial charge in [-0.1, -0.05) is 43.0 Å². The lowest BCUT2D eigenvalue weighted by Gasteiger charge is -2.23. The first-order chi connectivity index (χ1) is 14.4. The van der Waals surface area contributed by atoms with Crippen molar-refractivity contribution >= 4 is 46.8 Å². The third kappa shape index (κ3) is 6.00. The molecule has 0 spiro atoms. The molecular formula is C22H24ClN3O3S. The maximum atomic E-state index is 12.8. The predicted molar refractivity (Wildman–Crippen MR) is 120 cm³/mol. The average molecular weight is 446 g/mol. The van der Waals surface area contributed by atoms with E-state index >= 15 is 0 Å². The van der Waals surface area contributed by atoms with E-state index in [1.165, 1.54) is 18.2 Å². The van der Waals surface area contributed by atoms with E-state index in [9.17, 15) is 14.4 Å². The smallest absolute Gasteiger partial charge is 0.256 e. The lowest BCUT2D eigenvalue weighted by molar-refractivity contribution is -0.115. The van der Waals surface area contributed by atoms with E-state index in [-0.39, 0.29) is 23.6 Å². The van der Waals surface area contributed by atoms with E-state index in [0.29, 0.717) is 26.7 Å². The van der Waals surface area contributed by atoms with E-state index in [1.54, 1.807) is 42.5 Å². The Morgan fingerprint density at radius 1 is 1.00 bits per heavy atom. The lowest BCUT2D eigenvalue weighted by Crippen LogP contribution is -2.36. The number of nitrogens with two attached hydrogens (primary N) is 1. The van der Waals surface area contributed by atoms with E-state index in [1.807, 2.05) is 0 Å². The molecule has 1 saturated carbocycles. The van der Waals surface area contributed by atoms with Gasteiger partial charge in [-0.2, -0.15) is 0 Å². The highest BCUT2D eigenvalue weighted by Crippen LogP contribution is 2.26. The van der Waals surface area contributed by atoms with Crippen molar-refractivity contribution in [3.63, 3.8) is 0 Å². The number of halogens is 1. The van der Waals surface area contributed by atoms with Crippen molar-refractivity contribution in [3.05, 3.63) is 58.6 Å². The number of primary amides is 1. The Labute approximate surface area is 184 Å². The molecule has 0 heterocycles. The molecule has 0 radical (unpaired) electrons. The zero-order valence-corrected chi connectivity index (χ0v) is 18.0. The zero-order chi connectivity index (χ0) is 21.5. The lowest BCUT2D eigenvalue weighted by atomic mass is 9.95. The summed E-state index contributed by atoms with van der Waals surface area (Å²) < 4.78 is 0. The van der Waals surface area contributed by atoms with Gasteiger partial charge in [-0.15, -0.1) is 11.8 Å². The summed E-state index contributed by atoms with van der Waals surface area (Å²) in [7, 11) is 0. The van der Waals surface area contributed by atoms with E-state index in [2.05, 4.69) is 10.6 Å². The number of benzene rings is 2. The Kier molecular flexibility index (Phi) is 7.76. The Morgan fingerprint density at radius 3 is 2.47 bits per heavy atom. The van der Waals surface area contributed by atoms with E-state index in [4.69, 9.17) is 17.3 Å². The van der Waals surface area contributed by atoms with Crippen molar-refractivity contribution < 1.29 is 14.4 Å². The summed E-state index contributed by atoms with van der Waals surface area (Å²) >= 11 is 7.44. The van der Waals surface area contributed by atoms with Crippen LogP contribution in [0.25, 0.3) is 0 Å². The highest BCUT2D eigenvalue weighted by atomic mass is 35.5. The highest BCUT2D eigenvalue weighted by molar-refractivity contribution is 8.00. The molecule has 3 rings (SSSR count). The third-order valence-corrected chi connectivity index (χ3v) is 6.34. The third-order valence-electron chi connectivity index (χ3n) is 4.91. The van der Waals surface area contributed by atoms with Crippen molar-refractivity contribution in [2.45, 2.75) is 43.0 Å². The zero-order valence-electron chi connectivity index (χ0n) is 16.4. The van der Waals surface area contributed by atoms with Gasteiger partial charge in [0, 0.05) is 16.6 Å². The number of hydrogen-bond donors (Lipinski definition) is 3. The molecule has 30 heavy (non-hydrogen) atoms. The second-order valence-corrected chi connectivity index (χ2v) is 8.63. The molecule has 0 atom stereocenters. The molecule has 1 aliphatic rings. The molecule has 4 N–H and O–H groups in total. The number of hydrogen-bond acceptors (Lipinski definition) is 4. The quantitative estimate of drug-likeness (QED) is 0.555. The van der Waals surface area contributed by atoms with Gasteiger partial charge < -0.3 is 16.4 Å². The summed E-state index contributed by atoms with van der Waals surface area (Å²) in [6, 6.07) is 12.0. The van der Waals surface area contributed by atoms with Crippen LogP contribution in [0, 0.1) is 0 Å². The normalized spacial score (nSPS) is 14.2. The number of rotatable bonds is 7. The molecule has 0 saturated heterocycles. The monoisotopic (exact) mass is 445 g/mol. The number of carbonyl (C=O) groups is 3. The Bertz CT molecular complexity index is 945. The summed E-state index contributed by atoms with van der Waals surface area (Å²) in [5, 5.41) is 6.18. The molecule has 1 aliphatic carbocycles. The first kappa shape index (κ1) is 22.2. The SMILES string of the molecule is NC(=O)CSc1ccccc1C(=O)Nc1ccc(Cl)c(C(=O)NC2CCCCC2)c1. The summed E-state index contributed by atoms with van der Waals surface area (Å²) in [5.41, 5.74) is 6.42. The van der Waals surface area contributed by atoms with Crippen LogP contribution < -0.4 is 16.4 Å². The first-order valence-electron chi connectivity index (χ1n) is 9.86. The molecule has 6 nitrogen and oxygen atoms in total. The van der Waals surface area contributed by atoms with Gasteiger partial charge >= 0.3 is 0 Å². The second kappa shape index (κ2) is 10.5. The molecule has 8 heteroatoms. The summed E-state index contributed by atoms with van der Waals surface area (Å²) in [6.45, 7) is 0. The van der Waals surface area contributed by atoms with Crippen molar-refractivity contribution in [3.8, 4) is 0 Å². The Balaban J connectivity index is 1.73. The molecule has 1 fully saturated rings. The molecule has 0 bridgehead atoms. The van der Waals surface area contributed by atoms with Crippen molar-refractivity contribution in [2.75, 3.05) is 11.1 Å². The van der Waals surface area contributed by atoms with Crippen LogP contribution in [0.15, 0.2) is 47.4 Å². The van der Waals surface area contributed by atoms with Crippen molar-refractivity contribution in [1.82, 2.24) is 5.32 Å². The maximum Gasteiger partial charge on any atom is 0.256 e. The van der Waals surface area contributed by atoms with Gasteiger partial charge in [-0.3, -0.25) is 14.4 Å². The fourth-order valence-electron chi connectivity index (χ4n) is 3.41. The van der Waals surface area contributed by atoms with Gasteiger partial charge in [0.25, 0.3) is 11.8 Å². The summed E-state index contributed by atoms with van der Waals surface area (Å²) in [6.07, 6.45) is 5.37. The number of anilines is 1. The van der Waals surface area contributed by atoms with Crippen LogP contribution in [0.2, 0.25) is 5.02 Å². The number of amides is 3. The molecule has 0 aliphatic heterocycles. The summed E-state index contributed by atoms with van der Waals surface area (Å²) in [4.78, 5) is 37.2. The average Bonchev–Trinajstić information content (AvgIpc) is 2.74. The van der Waals surface area contributed by atoms with Crippen LogP contribution >= 0.6 is 23.4 Å². The minimum Gasteiger partial charge on any atom is -0.369 e. The highest BCUT2D eigenvalue weighted by Gasteiger charge is 2.19. The van der Waals surface area contributed by atoms with Crippen LogP contribution in [0.3, 0.4) is 0 Å². The van der Waals surface area contributed by atoms with Gasteiger partial charge in [0.2, 0.25) is 5.91 Å². The first-order valence-corrected chi connectivity index (χ1v) is 11.2. The number of nitrogens with one attached hydrogen (secondary N) is 2. The van der Waals surface area contributed by atoms with Crippen LogP contribution in [0.1, 0.15) is 52.8 Å². The van der Waals surface area contributed by atoms with Gasteiger partial charge in [-0.05, 0) is 43.2 Å². The predicted octanol–water partition coefficient (Wildman–Crippen LogP) is 4.23. The summed E-state index contributed by atoms with van der Waals surface area (Å²) in [5.74, 6) is -0.957. The van der Waals surface area contributed by atoms with Gasteiger partial charge in [0.05, 0.1) is 21.9 Å². The number of carbonyl (C=O) groups excluding carboxylic acids is 3. The van der Waals surface area contributed by atoms with Crippen molar-refractivity contribution in [1.29, 1.82) is 0 Å². The minimum atomic E-state index is -0.457. The second-order valence-electron chi connectivity index (χ2n) is 7.21. The minimum absolute atomic E-state index is 0.0801. The Morgan fingerprint density at radius 2 is 1.73 bits per heavy atom. The standard InChI is InChI=1S/C22H24ClN3O3S/c23-18-11-10-15(12-17(18)22(29)25-14-6-2-1-3-7-14)26-21(28)16-8-4-5-9-19(16)30-13-20(24)27/h4-5,8-12,14H,1-3,6-7,13H2,(H2,24,27)(H,25,29)(H,26,28). The molecular weight excluding hydrogens is 422 g/mol. The van der Waals surface area contributed by atoms with E-state index in [0.717, 1.165) is 25.7 Å². The number of thioether (sulfide) groups is 1. The van der Waals surface area contributed by atoms with Crippen LogP contribution in [0.5, 0.6) is 0 Å². The molecule has 0 unspecified atom stereocenters. The molecule has 2 aromatic carbocycles. The topological polar surface area (TPSA) is 101 Å². The fraction of sp³-hybridized carbons (Fsp3) is 0.318. The van der Waals surface area contributed by atoms with Crippen LogP contribution in [0.4, 0.5) is 5.69 Å². The Hall–Kier alpha value is -2.51. The molecule has 158 valence electrons.